The standard InChI is InChI=1S/C14H28N2/c1-11-5-4-9-16(12(11)2)10-8-13-6-3-7-14(13)15/h11-14H,3-10,15H2,1-2H3. The lowest BCUT2D eigenvalue weighted by Gasteiger charge is -2.38. The van der Waals surface area contributed by atoms with Crippen LogP contribution in [0.5, 0.6) is 0 Å². The van der Waals surface area contributed by atoms with Crippen molar-refractivity contribution in [2.75, 3.05) is 13.1 Å². The van der Waals surface area contributed by atoms with Crippen molar-refractivity contribution in [3.05, 3.63) is 0 Å². The van der Waals surface area contributed by atoms with Crippen LogP contribution in [0.2, 0.25) is 0 Å². The molecule has 94 valence electrons. The second-order valence-electron chi connectivity index (χ2n) is 6.04. The van der Waals surface area contributed by atoms with Crippen molar-refractivity contribution in [3.63, 3.8) is 0 Å². The second-order valence-corrected chi connectivity index (χ2v) is 6.04. The van der Waals surface area contributed by atoms with E-state index in [0.717, 1.165) is 17.9 Å². The predicted octanol–water partition coefficient (Wildman–Crippen LogP) is 2.62. The van der Waals surface area contributed by atoms with E-state index in [4.69, 9.17) is 5.73 Å². The van der Waals surface area contributed by atoms with E-state index in [1.165, 1.54) is 51.6 Å². The molecule has 2 fully saturated rings. The number of hydrogen-bond donors (Lipinski definition) is 1. The molecule has 2 heteroatoms. The van der Waals surface area contributed by atoms with Crippen LogP contribution in [0.25, 0.3) is 0 Å². The first kappa shape index (κ1) is 12.4. The Morgan fingerprint density at radius 2 is 1.94 bits per heavy atom. The summed E-state index contributed by atoms with van der Waals surface area (Å²) in [6, 6.07) is 1.28. The van der Waals surface area contributed by atoms with Crippen LogP contribution in [0.4, 0.5) is 0 Å². The molecule has 1 aliphatic carbocycles. The summed E-state index contributed by atoms with van der Waals surface area (Å²) in [5.41, 5.74) is 6.14. The molecule has 0 aromatic rings. The Morgan fingerprint density at radius 1 is 1.12 bits per heavy atom. The maximum absolute atomic E-state index is 6.14. The number of piperidine rings is 1. The molecule has 16 heavy (non-hydrogen) atoms. The van der Waals surface area contributed by atoms with Gasteiger partial charge in [0.1, 0.15) is 0 Å². The zero-order chi connectivity index (χ0) is 11.5. The fourth-order valence-electron chi connectivity index (χ4n) is 3.49. The van der Waals surface area contributed by atoms with Crippen LogP contribution in [-0.2, 0) is 0 Å². The van der Waals surface area contributed by atoms with Crippen LogP contribution >= 0.6 is 0 Å². The molecule has 0 radical (unpaired) electrons. The SMILES string of the molecule is CC1CCCN(CCC2CCCC2N)C1C. The van der Waals surface area contributed by atoms with Crippen molar-refractivity contribution in [1.29, 1.82) is 0 Å². The molecule has 2 nitrogen and oxygen atoms in total. The number of nitrogens with zero attached hydrogens (tertiary/aromatic N) is 1. The van der Waals surface area contributed by atoms with Gasteiger partial charge in [0.05, 0.1) is 0 Å². The molecule has 1 aliphatic heterocycles. The number of hydrogen-bond acceptors (Lipinski definition) is 2. The lowest BCUT2D eigenvalue weighted by Crippen LogP contribution is -2.43. The molecule has 0 amide bonds. The minimum atomic E-state index is 0.498. The minimum absolute atomic E-state index is 0.498. The summed E-state index contributed by atoms with van der Waals surface area (Å²) in [4.78, 5) is 2.69. The molecule has 2 rings (SSSR count). The Balaban J connectivity index is 1.76. The highest BCUT2D eigenvalue weighted by molar-refractivity contribution is 4.83. The molecule has 1 heterocycles. The Kier molecular flexibility index (Phi) is 4.26. The Labute approximate surface area is 101 Å². The molecule has 0 bridgehead atoms. The van der Waals surface area contributed by atoms with E-state index < -0.39 is 0 Å². The molecular weight excluding hydrogens is 196 g/mol. The Morgan fingerprint density at radius 3 is 2.62 bits per heavy atom. The normalized spacial score (nSPS) is 41.4. The minimum Gasteiger partial charge on any atom is -0.327 e. The van der Waals surface area contributed by atoms with E-state index in [1.807, 2.05) is 0 Å². The summed E-state index contributed by atoms with van der Waals surface area (Å²) in [7, 11) is 0. The zero-order valence-electron chi connectivity index (χ0n) is 11.0. The van der Waals surface area contributed by atoms with Crippen LogP contribution < -0.4 is 5.73 Å². The molecule has 1 saturated carbocycles. The van der Waals surface area contributed by atoms with Gasteiger partial charge in [0.25, 0.3) is 0 Å². The fraction of sp³-hybridized carbons (Fsp3) is 1.00. The summed E-state index contributed by atoms with van der Waals surface area (Å²) in [6.45, 7) is 7.40. The van der Waals surface area contributed by atoms with Crippen LogP contribution in [0.3, 0.4) is 0 Å². The average Bonchev–Trinajstić information content (AvgIpc) is 2.67. The maximum atomic E-state index is 6.14. The molecule has 1 saturated heterocycles. The Hall–Kier alpha value is -0.0800. The van der Waals surface area contributed by atoms with Crippen molar-refractivity contribution < 1.29 is 0 Å². The van der Waals surface area contributed by atoms with Crippen LogP contribution in [0, 0.1) is 11.8 Å². The van der Waals surface area contributed by atoms with Gasteiger partial charge in [-0.2, -0.15) is 0 Å². The average molecular weight is 224 g/mol. The van der Waals surface area contributed by atoms with Crippen LogP contribution in [0.1, 0.15) is 52.4 Å². The number of rotatable bonds is 3. The maximum Gasteiger partial charge on any atom is 0.00925 e. The number of nitrogens with two attached hydrogens (primary N) is 1. The van der Waals surface area contributed by atoms with Gasteiger partial charge in [-0.1, -0.05) is 13.3 Å². The van der Waals surface area contributed by atoms with Crippen molar-refractivity contribution in [1.82, 2.24) is 4.90 Å². The van der Waals surface area contributed by atoms with E-state index in [2.05, 4.69) is 18.7 Å². The summed E-state index contributed by atoms with van der Waals surface area (Å²) in [5.74, 6) is 1.69. The van der Waals surface area contributed by atoms with Crippen molar-refractivity contribution in [2.45, 2.75) is 64.5 Å². The van der Waals surface area contributed by atoms with E-state index in [0.29, 0.717) is 6.04 Å². The van der Waals surface area contributed by atoms with Gasteiger partial charge < -0.3 is 10.6 Å². The van der Waals surface area contributed by atoms with Gasteiger partial charge in [-0.05, 0) is 64.0 Å². The first-order valence-electron chi connectivity index (χ1n) is 7.18. The second kappa shape index (κ2) is 5.50. The third kappa shape index (κ3) is 2.78. The fourth-order valence-corrected chi connectivity index (χ4v) is 3.49. The quantitative estimate of drug-likeness (QED) is 0.798. The first-order chi connectivity index (χ1) is 7.68. The van der Waals surface area contributed by atoms with Crippen LogP contribution in [-0.4, -0.2) is 30.1 Å². The molecule has 2 aliphatic rings. The summed E-state index contributed by atoms with van der Waals surface area (Å²) in [6.07, 6.45) is 8.13. The predicted molar refractivity (Wildman–Crippen MR) is 69.4 cm³/mol. The first-order valence-corrected chi connectivity index (χ1v) is 7.18. The monoisotopic (exact) mass is 224 g/mol. The van der Waals surface area contributed by atoms with Gasteiger partial charge >= 0.3 is 0 Å². The molecule has 4 unspecified atom stereocenters. The molecule has 2 N–H and O–H groups in total. The van der Waals surface area contributed by atoms with E-state index in [-0.39, 0.29) is 0 Å². The molecule has 0 aromatic heterocycles. The van der Waals surface area contributed by atoms with Gasteiger partial charge in [0.2, 0.25) is 0 Å². The highest BCUT2D eigenvalue weighted by Crippen LogP contribution is 2.29. The smallest absolute Gasteiger partial charge is 0.00925 e. The van der Waals surface area contributed by atoms with Crippen molar-refractivity contribution >= 4 is 0 Å². The van der Waals surface area contributed by atoms with Gasteiger partial charge in [-0.15, -0.1) is 0 Å². The highest BCUT2D eigenvalue weighted by Gasteiger charge is 2.27. The largest absolute Gasteiger partial charge is 0.327 e. The molecule has 0 aromatic carbocycles. The summed E-state index contributed by atoms with van der Waals surface area (Å²) in [5, 5.41) is 0. The summed E-state index contributed by atoms with van der Waals surface area (Å²) < 4.78 is 0. The third-order valence-electron chi connectivity index (χ3n) is 5.01. The van der Waals surface area contributed by atoms with Crippen molar-refractivity contribution in [3.8, 4) is 0 Å². The van der Waals surface area contributed by atoms with E-state index >= 15 is 0 Å². The van der Waals surface area contributed by atoms with Crippen molar-refractivity contribution in [2.24, 2.45) is 17.6 Å². The zero-order valence-corrected chi connectivity index (χ0v) is 11.0. The van der Waals surface area contributed by atoms with E-state index in [9.17, 15) is 0 Å². The van der Waals surface area contributed by atoms with Gasteiger partial charge in [0.15, 0.2) is 0 Å². The third-order valence-corrected chi connectivity index (χ3v) is 5.01. The molecule has 4 atom stereocenters. The van der Waals surface area contributed by atoms with E-state index in [1.54, 1.807) is 0 Å². The molecule has 0 spiro atoms. The van der Waals surface area contributed by atoms with Gasteiger partial charge in [0, 0.05) is 12.1 Å². The lowest BCUT2D eigenvalue weighted by molar-refractivity contribution is 0.106. The topological polar surface area (TPSA) is 29.3 Å². The summed E-state index contributed by atoms with van der Waals surface area (Å²) >= 11 is 0. The highest BCUT2D eigenvalue weighted by atomic mass is 15.2. The Bertz CT molecular complexity index is 217. The molecular formula is C14H28N2. The van der Waals surface area contributed by atoms with Gasteiger partial charge in [-0.25, -0.2) is 0 Å². The number of likely N-dealkylation sites (tertiary alicyclic amines) is 1. The lowest BCUT2D eigenvalue weighted by atomic mass is 9.91. The van der Waals surface area contributed by atoms with Crippen LogP contribution in [0.15, 0.2) is 0 Å². The van der Waals surface area contributed by atoms with Gasteiger partial charge in [-0.3, -0.25) is 0 Å².